The molecule has 152 valence electrons. The van der Waals surface area contributed by atoms with Crippen LogP contribution in [0.3, 0.4) is 0 Å². The largest absolute Gasteiger partial charge is 0.480 e. The molecule has 0 atom stereocenters. The number of hydrogen-bond acceptors (Lipinski definition) is 4. The molecule has 0 bridgehead atoms. The van der Waals surface area contributed by atoms with Crippen LogP contribution in [-0.2, 0) is 11.3 Å². The average Bonchev–Trinajstić information content (AvgIpc) is 3.26. The molecular formula is C23H21N3O3S. The van der Waals surface area contributed by atoms with Crippen molar-refractivity contribution in [3.63, 3.8) is 0 Å². The van der Waals surface area contributed by atoms with Crippen LogP contribution in [0.25, 0.3) is 22.2 Å². The first kappa shape index (κ1) is 19.8. The average molecular weight is 420 g/mol. The van der Waals surface area contributed by atoms with E-state index in [4.69, 9.17) is 0 Å². The van der Waals surface area contributed by atoms with E-state index in [1.54, 1.807) is 12.1 Å². The zero-order valence-electron chi connectivity index (χ0n) is 16.9. The topological polar surface area (TPSA) is 84.2 Å². The minimum Gasteiger partial charge on any atom is -0.480 e. The summed E-state index contributed by atoms with van der Waals surface area (Å²) >= 11 is 1.35. The molecule has 0 aliphatic heterocycles. The van der Waals surface area contributed by atoms with Crippen molar-refractivity contribution in [2.24, 2.45) is 0 Å². The summed E-state index contributed by atoms with van der Waals surface area (Å²) in [6, 6.07) is 13.3. The third-order valence-electron chi connectivity index (χ3n) is 4.99. The van der Waals surface area contributed by atoms with Crippen LogP contribution in [0.15, 0.2) is 47.8 Å². The van der Waals surface area contributed by atoms with E-state index >= 15 is 0 Å². The molecule has 0 saturated carbocycles. The maximum Gasteiger partial charge on any atom is 0.323 e. The number of carboxylic acid groups (broad SMARTS) is 1. The lowest BCUT2D eigenvalue weighted by molar-refractivity contribution is -0.137. The second kappa shape index (κ2) is 7.76. The minimum atomic E-state index is -1.01. The molecule has 7 heteroatoms. The fraction of sp³-hybridized carbons (Fsp3) is 0.174. The molecule has 2 heterocycles. The van der Waals surface area contributed by atoms with Gasteiger partial charge in [0.25, 0.3) is 5.91 Å². The number of aliphatic carboxylic acids is 1. The van der Waals surface area contributed by atoms with Gasteiger partial charge in [0.15, 0.2) is 5.13 Å². The summed E-state index contributed by atoms with van der Waals surface area (Å²) in [5.74, 6) is -1.39. The number of anilines is 1. The second-order valence-corrected chi connectivity index (χ2v) is 8.19. The number of nitrogens with one attached hydrogen (secondary N) is 1. The molecule has 1 amide bonds. The number of carboxylic acids is 1. The number of carbonyl (C=O) groups is 2. The van der Waals surface area contributed by atoms with Gasteiger partial charge in [0.1, 0.15) is 12.2 Å². The lowest BCUT2D eigenvalue weighted by atomic mass is 9.98. The standard InChI is InChI=1S/C23H21N3O3S/c1-13-8-14(2)21(15(3)9-13)17-12-30-23(24-17)25-22(29)19-10-16-6-4-5-7-18(16)26(19)11-20(27)28/h4-10,12H,11H2,1-3H3,(H,27,28)(H,24,25,29). The Labute approximate surface area is 177 Å². The third-order valence-corrected chi connectivity index (χ3v) is 5.75. The minimum absolute atomic E-state index is 0.290. The highest BCUT2D eigenvalue weighted by molar-refractivity contribution is 7.14. The zero-order chi connectivity index (χ0) is 21.4. The van der Waals surface area contributed by atoms with E-state index < -0.39 is 5.97 Å². The molecular weight excluding hydrogens is 398 g/mol. The molecule has 2 aromatic carbocycles. The number of amides is 1. The van der Waals surface area contributed by atoms with Crippen molar-refractivity contribution in [1.29, 1.82) is 0 Å². The highest BCUT2D eigenvalue weighted by Gasteiger charge is 2.19. The van der Waals surface area contributed by atoms with Crippen LogP contribution >= 0.6 is 11.3 Å². The number of fused-ring (bicyclic) bond motifs is 1. The van der Waals surface area contributed by atoms with E-state index in [0.29, 0.717) is 10.6 Å². The Morgan fingerprint density at radius 1 is 1.10 bits per heavy atom. The fourth-order valence-electron chi connectivity index (χ4n) is 3.90. The van der Waals surface area contributed by atoms with Crippen LogP contribution in [0.2, 0.25) is 0 Å². The van der Waals surface area contributed by atoms with Gasteiger partial charge < -0.3 is 9.67 Å². The normalized spacial score (nSPS) is 11.0. The molecule has 0 spiro atoms. The Bertz CT molecular complexity index is 1260. The van der Waals surface area contributed by atoms with Gasteiger partial charge in [0.05, 0.1) is 5.69 Å². The second-order valence-electron chi connectivity index (χ2n) is 7.33. The molecule has 0 radical (unpaired) electrons. The van der Waals surface area contributed by atoms with Crippen molar-refractivity contribution < 1.29 is 14.7 Å². The summed E-state index contributed by atoms with van der Waals surface area (Å²) in [6.07, 6.45) is 0. The molecule has 2 N–H and O–H groups in total. The molecule has 4 aromatic rings. The van der Waals surface area contributed by atoms with Crippen LogP contribution in [0.4, 0.5) is 5.13 Å². The van der Waals surface area contributed by atoms with Gasteiger partial charge >= 0.3 is 5.97 Å². The van der Waals surface area contributed by atoms with Crippen molar-refractivity contribution >= 4 is 39.2 Å². The maximum atomic E-state index is 13.0. The van der Waals surface area contributed by atoms with Crippen LogP contribution in [0.1, 0.15) is 27.2 Å². The van der Waals surface area contributed by atoms with E-state index in [0.717, 1.165) is 27.8 Å². The van der Waals surface area contributed by atoms with E-state index in [1.165, 1.54) is 21.5 Å². The monoisotopic (exact) mass is 419 g/mol. The Morgan fingerprint density at radius 2 is 1.80 bits per heavy atom. The predicted octanol–water partition coefficient (Wildman–Crippen LogP) is 5.03. The smallest absolute Gasteiger partial charge is 0.323 e. The van der Waals surface area contributed by atoms with Crippen LogP contribution in [0.5, 0.6) is 0 Å². The maximum absolute atomic E-state index is 13.0. The summed E-state index contributed by atoms with van der Waals surface area (Å²) in [4.78, 5) is 28.9. The first-order valence-electron chi connectivity index (χ1n) is 9.48. The highest BCUT2D eigenvalue weighted by Crippen LogP contribution is 2.31. The van der Waals surface area contributed by atoms with Gasteiger partial charge in [-0.05, 0) is 44.0 Å². The van der Waals surface area contributed by atoms with Crippen molar-refractivity contribution in [3.05, 3.63) is 70.2 Å². The van der Waals surface area contributed by atoms with Gasteiger partial charge in [0, 0.05) is 21.8 Å². The fourth-order valence-corrected chi connectivity index (χ4v) is 4.59. The summed E-state index contributed by atoms with van der Waals surface area (Å²) in [6.45, 7) is 5.88. The molecule has 2 aromatic heterocycles. The third kappa shape index (κ3) is 3.71. The van der Waals surface area contributed by atoms with Gasteiger partial charge in [-0.25, -0.2) is 4.98 Å². The number of aryl methyl sites for hydroxylation is 3. The van der Waals surface area contributed by atoms with Crippen molar-refractivity contribution in [3.8, 4) is 11.3 Å². The van der Waals surface area contributed by atoms with Crippen molar-refractivity contribution in [2.75, 3.05) is 5.32 Å². The first-order chi connectivity index (χ1) is 14.3. The molecule has 4 rings (SSSR count). The number of nitrogens with zero attached hydrogens (tertiary/aromatic N) is 2. The van der Waals surface area contributed by atoms with E-state index in [-0.39, 0.29) is 18.1 Å². The van der Waals surface area contributed by atoms with Gasteiger partial charge in [-0.15, -0.1) is 11.3 Å². The number of para-hydroxylation sites is 1. The predicted molar refractivity (Wildman–Crippen MR) is 119 cm³/mol. The molecule has 0 fully saturated rings. The summed E-state index contributed by atoms with van der Waals surface area (Å²) in [5, 5.41) is 15.3. The number of hydrogen-bond donors (Lipinski definition) is 2. The number of benzene rings is 2. The Balaban J connectivity index is 1.65. The van der Waals surface area contributed by atoms with Crippen molar-refractivity contribution in [2.45, 2.75) is 27.3 Å². The van der Waals surface area contributed by atoms with Crippen LogP contribution in [-0.4, -0.2) is 26.5 Å². The van der Waals surface area contributed by atoms with E-state index in [9.17, 15) is 14.7 Å². The summed E-state index contributed by atoms with van der Waals surface area (Å²) in [5.41, 5.74) is 6.35. The molecule has 0 unspecified atom stereocenters. The number of aromatic nitrogens is 2. The first-order valence-corrected chi connectivity index (χ1v) is 10.4. The zero-order valence-corrected chi connectivity index (χ0v) is 17.7. The van der Waals surface area contributed by atoms with Gasteiger partial charge in [-0.3, -0.25) is 14.9 Å². The van der Waals surface area contributed by atoms with E-state index in [1.807, 2.05) is 23.6 Å². The highest BCUT2D eigenvalue weighted by atomic mass is 32.1. The number of carbonyl (C=O) groups excluding carboxylic acids is 1. The molecule has 0 aliphatic rings. The lowest BCUT2D eigenvalue weighted by Crippen LogP contribution is -2.19. The van der Waals surface area contributed by atoms with Gasteiger partial charge in [0.2, 0.25) is 0 Å². The molecule has 0 aliphatic carbocycles. The summed E-state index contributed by atoms with van der Waals surface area (Å²) < 4.78 is 1.51. The van der Waals surface area contributed by atoms with E-state index in [2.05, 4.69) is 43.2 Å². The molecule has 30 heavy (non-hydrogen) atoms. The van der Waals surface area contributed by atoms with Crippen LogP contribution in [0, 0.1) is 20.8 Å². The quantitative estimate of drug-likeness (QED) is 0.475. The Hall–Kier alpha value is -3.45. The van der Waals surface area contributed by atoms with Crippen LogP contribution < -0.4 is 5.32 Å². The Morgan fingerprint density at radius 3 is 2.50 bits per heavy atom. The molecule has 6 nitrogen and oxygen atoms in total. The summed E-state index contributed by atoms with van der Waals surface area (Å²) in [7, 11) is 0. The Kier molecular flexibility index (Phi) is 5.13. The number of thiazole rings is 1. The van der Waals surface area contributed by atoms with Gasteiger partial charge in [-0.1, -0.05) is 35.9 Å². The molecule has 0 saturated heterocycles. The van der Waals surface area contributed by atoms with Crippen molar-refractivity contribution in [1.82, 2.24) is 9.55 Å². The number of rotatable bonds is 5. The lowest BCUT2D eigenvalue weighted by Gasteiger charge is -2.09. The SMILES string of the molecule is Cc1cc(C)c(-c2csc(NC(=O)c3cc4ccccc4n3CC(=O)O)n2)c(C)c1. The van der Waals surface area contributed by atoms with Gasteiger partial charge in [-0.2, -0.15) is 0 Å².